The number of aryl methyl sites for hydroxylation is 2. The van der Waals surface area contributed by atoms with E-state index in [1.54, 1.807) is 7.11 Å². The van der Waals surface area contributed by atoms with Gasteiger partial charge in [0.2, 0.25) is 0 Å². The van der Waals surface area contributed by atoms with Crippen molar-refractivity contribution in [2.45, 2.75) is 40.0 Å². The first-order valence-corrected chi connectivity index (χ1v) is 7.92. The average Bonchev–Trinajstić information content (AvgIpc) is 2.44. The first kappa shape index (κ1) is 16.0. The monoisotopic (exact) mass is 289 g/mol. The average molecular weight is 289 g/mol. The van der Waals surface area contributed by atoms with E-state index in [0.717, 1.165) is 48.0 Å². The van der Waals surface area contributed by atoms with Gasteiger partial charge in [-0.25, -0.2) is 0 Å². The number of rotatable bonds is 5. The smallest absolute Gasteiger partial charge is 0.164 e. The molecular formula is C18H27NO2. The third-order valence-electron chi connectivity index (χ3n) is 4.42. The Morgan fingerprint density at radius 1 is 1.33 bits per heavy atom. The summed E-state index contributed by atoms with van der Waals surface area (Å²) < 4.78 is 5.26. The van der Waals surface area contributed by atoms with Gasteiger partial charge in [0.25, 0.3) is 0 Å². The van der Waals surface area contributed by atoms with Crippen LogP contribution < -0.4 is 4.74 Å². The van der Waals surface area contributed by atoms with Gasteiger partial charge in [0, 0.05) is 25.1 Å². The second-order valence-corrected chi connectivity index (χ2v) is 6.36. The molecule has 21 heavy (non-hydrogen) atoms. The highest BCUT2D eigenvalue weighted by Gasteiger charge is 2.19. The summed E-state index contributed by atoms with van der Waals surface area (Å²) in [6.07, 6.45) is 3.19. The number of ketones is 1. The van der Waals surface area contributed by atoms with Crippen molar-refractivity contribution in [3.63, 3.8) is 0 Å². The third kappa shape index (κ3) is 4.07. The summed E-state index contributed by atoms with van der Waals surface area (Å²) in [4.78, 5) is 15.0. The zero-order valence-electron chi connectivity index (χ0n) is 13.7. The number of likely N-dealkylation sites (tertiary alicyclic amines) is 1. The lowest BCUT2D eigenvalue weighted by atomic mass is 9.96. The molecule has 1 aliphatic rings. The van der Waals surface area contributed by atoms with Crippen LogP contribution in [0, 0.1) is 19.8 Å². The molecule has 1 aromatic carbocycles. The molecule has 1 fully saturated rings. The molecule has 1 atom stereocenters. The molecule has 0 amide bonds. The molecule has 3 nitrogen and oxygen atoms in total. The lowest BCUT2D eigenvalue weighted by molar-refractivity contribution is 0.0948. The number of piperidine rings is 1. The summed E-state index contributed by atoms with van der Waals surface area (Å²) in [5, 5.41) is 0. The molecule has 0 N–H and O–H groups in total. The van der Waals surface area contributed by atoms with Crippen LogP contribution in [0.25, 0.3) is 0 Å². The van der Waals surface area contributed by atoms with Crippen LogP contribution in [-0.2, 0) is 0 Å². The quantitative estimate of drug-likeness (QED) is 0.775. The Bertz CT molecular complexity index is 487. The fraction of sp³-hybridized carbons (Fsp3) is 0.611. The van der Waals surface area contributed by atoms with Crippen molar-refractivity contribution in [1.29, 1.82) is 0 Å². The summed E-state index contributed by atoms with van der Waals surface area (Å²) in [6.45, 7) is 9.43. The minimum absolute atomic E-state index is 0.255. The number of methoxy groups -OCH3 is 1. The van der Waals surface area contributed by atoms with E-state index in [1.807, 2.05) is 26.0 Å². The normalized spacial score (nSPS) is 19.5. The largest absolute Gasteiger partial charge is 0.497 e. The van der Waals surface area contributed by atoms with Crippen LogP contribution in [0.5, 0.6) is 5.75 Å². The van der Waals surface area contributed by atoms with Crippen molar-refractivity contribution in [3.05, 3.63) is 28.8 Å². The number of carbonyl (C=O) groups is 1. The number of benzene rings is 1. The lowest BCUT2D eigenvalue weighted by Crippen LogP contribution is -2.35. The molecule has 0 radical (unpaired) electrons. The predicted octanol–water partition coefficient (Wildman–Crippen LogP) is 3.62. The van der Waals surface area contributed by atoms with E-state index in [0.29, 0.717) is 6.42 Å². The third-order valence-corrected chi connectivity index (χ3v) is 4.42. The first-order chi connectivity index (χ1) is 10.0. The molecule has 0 aliphatic carbocycles. The van der Waals surface area contributed by atoms with Crippen LogP contribution >= 0.6 is 0 Å². The van der Waals surface area contributed by atoms with Crippen molar-refractivity contribution in [1.82, 2.24) is 4.90 Å². The SMILES string of the molecule is COc1cc(C)c(C(=O)CCN2CCCC(C)C2)c(C)c1. The van der Waals surface area contributed by atoms with Crippen molar-refractivity contribution < 1.29 is 9.53 Å². The summed E-state index contributed by atoms with van der Waals surface area (Å²) in [5.74, 6) is 1.84. The van der Waals surface area contributed by atoms with Crippen LogP contribution in [-0.4, -0.2) is 37.4 Å². The summed E-state index contributed by atoms with van der Waals surface area (Å²) in [7, 11) is 1.66. The second-order valence-electron chi connectivity index (χ2n) is 6.36. The van der Waals surface area contributed by atoms with E-state index in [4.69, 9.17) is 4.74 Å². The molecule has 0 saturated carbocycles. The molecule has 3 heteroatoms. The van der Waals surface area contributed by atoms with Crippen molar-refractivity contribution in [3.8, 4) is 5.75 Å². The predicted molar refractivity (Wildman–Crippen MR) is 86.3 cm³/mol. The minimum atomic E-state index is 0.255. The Kier molecular flexibility index (Phi) is 5.40. The van der Waals surface area contributed by atoms with Crippen LogP contribution in [0.2, 0.25) is 0 Å². The molecule has 1 heterocycles. The van der Waals surface area contributed by atoms with Crippen LogP contribution in [0.4, 0.5) is 0 Å². The number of ether oxygens (including phenoxy) is 1. The van der Waals surface area contributed by atoms with Gasteiger partial charge in [-0.2, -0.15) is 0 Å². The van der Waals surface area contributed by atoms with Crippen molar-refractivity contribution >= 4 is 5.78 Å². The van der Waals surface area contributed by atoms with Gasteiger partial charge in [0.05, 0.1) is 7.11 Å². The lowest BCUT2D eigenvalue weighted by Gasteiger charge is -2.30. The highest BCUT2D eigenvalue weighted by molar-refractivity contribution is 5.99. The fourth-order valence-corrected chi connectivity index (χ4v) is 3.36. The van der Waals surface area contributed by atoms with E-state index >= 15 is 0 Å². The van der Waals surface area contributed by atoms with E-state index in [-0.39, 0.29) is 5.78 Å². The summed E-state index contributed by atoms with van der Waals surface area (Å²) in [6, 6.07) is 3.90. The highest BCUT2D eigenvalue weighted by Crippen LogP contribution is 2.23. The number of Topliss-reactive ketones (excluding diaryl/α,β-unsaturated/α-hetero) is 1. The fourth-order valence-electron chi connectivity index (χ4n) is 3.36. The summed E-state index contributed by atoms with van der Waals surface area (Å²) in [5.41, 5.74) is 2.91. The van der Waals surface area contributed by atoms with Gasteiger partial charge < -0.3 is 9.64 Å². The van der Waals surface area contributed by atoms with E-state index in [1.165, 1.54) is 12.8 Å². The molecular weight excluding hydrogens is 262 g/mol. The highest BCUT2D eigenvalue weighted by atomic mass is 16.5. The maximum absolute atomic E-state index is 12.5. The summed E-state index contributed by atoms with van der Waals surface area (Å²) >= 11 is 0. The van der Waals surface area contributed by atoms with Gasteiger partial charge in [0.1, 0.15) is 5.75 Å². The first-order valence-electron chi connectivity index (χ1n) is 7.92. The number of hydrogen-bond acceptors (Lipinski definition) is 3. The van der Waals surface area contributed by atoms with Crippen LogP contribution in [0.15, 0.2) is 12.1 Å². The Morgan fingerprint density at radius 2 is 2.00 bits per heavy atom. The maximum atomic E-state index is 12.5. The van der Waals surface area contributed by atoms with Gasteiger partial charge in [-0.15, -0.1) is 0 Å². The molecule has 2 rings (SSSR count). The van der Waals surface area contributed by atoms with Gasteiger partial charge in [-0.3, -0.25) is 4.79 Å². The van der Waals surface area contributed by atoms with E-state index in [9.17, 15) is 4.79 Å². The molecule has 1 saturated heterocycles. The minimum Gasteiger partial charge on any atom is -0.497 e. The van der Waals surface area contributed by atoms with Crippen molar-refractivity contribution in [2.24, 2.45) is 5.92 Å². The molecule has 116 valence electrons. The van der Waals surface area contributed by atoms with Gasteiger partial charge >= 0.3 is 0 Å². The van der Waals surface area contributed by atoms with E-state index in [2.05, 4.69) is 11.8 Å². The zero-order valence-corrected chi connectivity index (χ0v) is 13.7. The number of carbonyl (C=O) groups excluding carboxylic acids is 1. The van der Waals surface area contributed by atoms with Crippen molar-refractivity contribution in [2.75, 3.05) is 26.7 Å². The second kappa shape index (κ2) is 7.08. The zero-order chi connectivity index (χ0) is 15.4. The van der Waals surface area contributed by atoms with Crippen LogP contribution in [0.3, 0.4) is 0 Å². The Balaban J connectivity index is 2.00. The maximum Gasteiger partial charge on any atom is 0.164 e. The van der Waals surface area contributed by atoms with Gasteiger partial charge in [0.15, 0.2) is 5.78 Å². The number of nitrogens with zero attached hydrogens (tertiary/aromatic N) is 1. The van der Waals surface area contributed by atoms with Crippen LogP contribution in [0.1, 0.15) is 47.7 Å². The standard InChI is InChI=1S/C18H27NO2/c1-13-6-5-8-19(12-13)9-7-17(20)18-14(2)10-16(21-4)11-15(18)3/h10-11,13H,5-9,12H2,1-4H3. The Hall–Kier alpha value is -1.35. The van der Waals surface area contributed by atoms with Gasteiger partial charge in [-0.1, -0.05) is 6.92 Å². The molecule has 0 bridgehead atoms. The molecule has 0 aromatic heterocycles. The Morgan fingerprint density at radius 3 is 2.57 bits per heavy atom. The molecule has 1 aromatic rings. The molecule has 0 spiro atoms. The van der Waals surface area contributed by atoms with E-state index < -0.39 is 0 Å². The topological polar surface area (TPSA) is 29.5 Å². The van der Waals surface area contributed by atoms with Gasteiger partial charge in [-0.05, 0) is 62.4 Å². The Labute approximate surface area is 128 Å². The number of hydrogen-bond donors (Lipinski definition) is 0. The molecule has 1 unspecified atom stereocenters. The molecule has 1 aliphatic heterocycles.